The van der Waals surface area contributed by atoms with Gasteiger partial charge in [-0.1, -0.05) is 47.5 Å². The van der Waals surface area contributed by atoms with E-state index in [4.69, 9.17) is 23.2 Å². The molecule has 2 aromatic carbocycles. The van der Waals surface area contributed by atoms with Crippen molar-refractivity contribution in [2.45, 2.75) is 18.9 Å². The molecule has 1 fully saturated rings. The van der Waals surface area contributed by atoms with E-state index in [2.05, 4.69) is 4.98 Å². The number of aromatic nitrogens is 1. The van der Waals surface area contributed by atoms with Gasteiger partial charge in [-0.2, -0.15) is 0 Å². The molecule has 4 rings (SSSR count). The number of hydrogen-bond acceptors (Lipinski definition) is 2. The van der Waals surface area contributed by atoms with Gasteiger partial charge in [0.2, 0.25) is 5.91 Å². The number of amides is 1. The number of anilines is 1. The van der Waals surface area contributed by atoms with Crippen molar-refractivity contribution in [2.75, 3.05) is 4.90 Å². The second-order valence-electron chi connectivity index (χ2n) is 6.69. The van der Waals surface area contributed by atoms with Crippen molar-refractivity contribution in [3.63, 3.8) is 0 Å². The molecule has 2 atom stereocenters. The van der Waals surface area contributed by atoms with Crippen molar-refractivity contribution in [2.24, 2.45) is 5.92 Å². The number of pyridine rings is 1. The maximum Gasteiger partial charge on any atom is 0.231 e. The second kappa shape index (κ2) is 7.71. The minimum atomic E-state index is -0.0655. The van der Waals surface area contributed by atoms with Gasteiger partial charge in [0.1, 0.15) is 0 Å². The summed E-state index contributed by atoms with van der Waals surface area (Å²) in [5, 5.41) is 1.37. The Bertz CT molecular complexity index is 944. The number of halogens is 2. The fraction of sp³-hybridized carbons (Fsp3) is 0.182. The highest BCUT2D eigenvalue weighted by atomic mass is 35.5. The van der Waals surface area contributed by atoms with Gasteiger partial charge in [0.15, 0.2) is 0 Å². The van der Waals surface area contributed by atoms with E-state index in [9.17, 15) is 4.79 Å². The van der Waals surface area contributed by atoms with E-state index in [0.29, 0.717) is 11.6 Å². The average molecular weight is 397 g/mol. The molecule has 0 aliphatic heterocycles. The van der Waals surface area contributed by atoms with Crippen molar-refractivity contribution in [3.05, 3.63) is 94.2 Å². The van der Waals surface area contributed by atoms with Crippen LogP contribution in [0.5, 0.6) is 0 Å². The van der Waals surface area contributed by atoms with Crippen molar-refractivity contribution in [1.82, 2.24) is 4.98 Å². The number of benzene rings is 2. The summed E-state index contributed by atoms with van der Waals surface area (Å²) in [5.41, 5.74) is 2.71. The molecule has 0 bridgehead atoms. The van der Waals surface area contributed by atoms with E-state index in [-0.39, 0.29) is 17.7 Å². The van der Waals surface area contributed by atoms with E-state index >= 15 is 0 Å². The standard InChI is InChI=1S/C22H18Cl2N2O/c23-15-8-10-17(11-9-15)26(14-16-5-3-4-12-25-16)22(27)20-13-19(20)18-6-1-2-7-21(18)24/h1-12,19-20H,13-14H2. The Labute approximate surface area is 168 Å². The maximum absolute atomic E-state index is 13.3. The summed E-state index contributed by atoms with van der Waals surface area (Å²) in [7, 11) is 0. The molecule has 2 unspecified atom stereocenters. The minimum absolute atomic E-state index is 0.0655. The quantitative estimate of drug-likeness (QED) is 0.551. The van der Waals surface area contributed by atoms with E-state index < -0.39 is 0 Å². The smallest absolute Gasteiger partial charge is 0.231 e. The third kappa shape index (κ3) is 4.00. The third-order valence-corrected chi connectivity index (χ3v) is 5.46. The van der Waals surface area contributed by atoms with Crippen LogP contribution in [0.25, 0.3) is 0 Å². The van der Waals surface area contributed by atoms with E-state index in [1.54, 1.807) is 23.2 Å². The van der Waals surface area contributed by atoms with E-state index in [1.165, 1.54) is 0 Å². The van der Waals surface area contributed by atoms with Crippen molar-refractivity contribution in [1.29, 1.82) is 0 Å². The highest BCUT2D eigenvalue weighted by Gasteiger charge is 2.46. The van der Waals surface area contributed by atoms with Crippen LogP contribution in [-0.2, 0) is 11.3 Å². The largest absolute Gasteiger partial charge is 0.306 e. The fourth-order valence-corrected chi connectivity index (χ4v) is 3.76. The molecule has 3 aromatic rings. The average Bonchev–Trinajstić information content (AvgIpc) is 3.48. The first-order valence-corrected chi connectivity index (χ1v) is 9.60. The molecule has 0 spiro atoms. The van der Waals surface area contributed by atoms with Crippen molar-refractivity contribution >= 4 is 34.8 Å². The Morgan fingerprint density at radius 2 is 1.74 bits per heavy atom. The summed E-state index contributed by atoms with van der Waals surface area (Å²) in [6.07, 6.45) is 2.55. The topological polar surface area (TPSA) is 33.2 Å². The van der Waals surface area contributed by atoms with Crippen molar-refractivity contribution in [3.8, 4) is 0 Å². The lowest BCUT2D eigenvalue weighted by Crippen LogP contribution is -2.32. The van der Waals surface area contributed by atoms with Gasteiger partial charge in [0, 0.05) is 27.8 Å². The highest BCUT2D eigenvalue weighted by molar-refractivity contribution is 6.31. The van der Waals surface area contributed by atoms with Crippen LogP contribution < -0.4 is 4.90 Å². The molecule has 0 radical (unpaired) electrons. The molecule has 3 nitrogen and oxygen atoms in total. The first kappa shape index (κ1) is 18.0. The lowest BCUT2D eigenvalue weighted by molar-refractivity contribution is -0.120. The molecule has 0 N–H and O–H groups in total. The predicted octanol–water partition coefficient (Wildman–Crippen LogP) is 5.73. The molecule has 1 amide bonds. The van der Waals surface area contributed by atoms with Gasteiger partial charge in [-0.3, -0.25) is 9.78 Å². The van der Waals surface area contributed by atoms with Gasteiger partial charge in [-0.05, 0) is 60.4 Å². The summed E-state index contributed by atoms with van der Waals surface area (Å²) in [6, 6.07) is 20.8. The predicted molar refractivity (Wildman–Crippen MR) is 109 cm³/mol. The Balaban J connectivity index is 1.60. The second-order valence-corrected chi connectivity index (χ2v) is 7.54. The Morgan fingerprint density at radius 3 is 2.44 bits per heavy atom. The molecule has 1 aliphatic rings. The molecule has 5 heteroatoms. The molecule has 1 aromatic heterocycles. The Morgan fingerprint density at radius 1 is 1.00 bits per heavy atom. The van der Waals surface area contributed by atoms with Gasteiger partial charge < -0.3 is 4.90 Å². The number of rotatable bonds is 5. The first-order valence-electron chi connectivity index (χ1n) is 8.85. The lowest BCUT2D eigenvalue weighted by Gasteiger charge is -2.23. The number of carbonyl (C=O) groups excluding carboxylic acids is 1. The zero-order chi connectivity index (χ0) is 18.8. The number of hydrogen-bond donors (Lipinski definition) is 0. The van der Waals surface area contributed by atoms with Gasteiger partial charge in [0.05, 0.1) is 12.2 Å². The first-order chi connectivity index (χ1) is 13.1. The minimum Gasteiger partial charge on any atom is -0.306 e. The maximum atomic E-state index is 13.3. The Kier molecular flexibility index (Phi) is 5.15. The van der Waals surface area contributed by atoms with Crippen LogP contribution in [0.2, 0.25) is 10.0 Å². The van der Waals surface area contributed by atoms with Crippen LogP contribution in [0.15, 0.2) is 72.9 Å². The summed E-state index contributed by atoms with van der Waals surface area (Å²) < 4.78 is 0. The summed E-state index contributed by atoms with van der Waals surface area (Å²) >= 11 is 12.3. The summed E-state index contributed by atoms with van der Waals surface area (Å²) in [5.74, 6) is 0.196. The fourth-order valence-electron chi connectivity index (χ4n) is 3.36. The van der Waals surface area contributed by atoms with Gasteiger partial charge >= 0.3 is 0 Å². The summed E-state index contributed by atoms with van der Waals surface area (Å²) in [4.78, 5) is 19.5. The molecule has 0 saturated heterocycles. The molecule has 136 valence electrons. The molecule has 1 saturated carbocycles. The lowest BCUT2D eigenvalue weighted by atomic mass is 10.1. The third-order valence-electron chi connectivity index (χ3n) is 4.86. The van der Waals surface area contributed by atoms with Crippen LogP contribution >= 0.6 is 23.2 Å². The van der Waals surface area contributed by atoms with Crippen LogP contribution in [0.4, 0.5) is 5.69 Å². The SMILES string of the molecule is O=C(C1CC1c1ccccc1Cl)N(Cc1ccccn1)c1ccc(Cl)cc1. The molecular weight excluding hydrogens is 379 g/mol. The molecule has 1 aliphatic carbocycles. The van der Waals surface area contributed by atoms with Crippen molar-refractivity contribution < 1.29 is 4.79 Å². The van der Waals surface area contributed by atoms with Gasteiger partial charge in [-0.15, -0.1) is 0 Å². The number of carbonyl (C=O) groups is 1. The highest BCUT2D eigenvalue weighted by Crippen LogP contribution is 2.50. The molecule has 1 heterocycles. The zero-order valence-corrected chi connectivity index (χ0v) is 16.1. The van der Waals surface area contributed by atoms with Crippen LogP contribution in [0.3, 0.4) is 0 Å². The summed E-state index contributed by atoms with van der Waals surface area (Å²) in [6.45, 7) is 0.424. The normalized spacial score (nSPS) is 18.1. The van der Waals surface area contributed by atoms with Gasteiger partial charge in [0.25, 0.3) is 0 Å². The van der Waals surface area contributed by atoms with E-state index in [0.717, 1.165) is 28.4 Å². The van der Waals surface area contributed by atoms with Crippen LogP contribution in [-0.4, -0.2) is 10.9 Å². The van der Waals surface area contributed by atoms with E-state index in [1.807, 2.05) is 54.6 Å². The number of nitrogens with zero attached hydrogens (tertiary/aromatic N) is 2. The molecule has 27 heavy (non-hydrogen) atoms. The monoisotopic (exact) mass is 396 g/mol. The zero-order valence-electron chi connectivity index (χ0n) is 14.6. The van der Waals surface area contributed by atoms with Gasteiger partial charge in [-0.25, -0.2) is 0 Å². The Hall–Kier alpha value is -2.36. The molecular formula is C22H18Cl2N2O. The van der Waals surface area contributed by atoms with Crippen LogP contribution in [0.1, 0.15) is 23.6 Å². The van der Waals surface area contributed by atoms with Crippen LogP contribution in [0, 0.1) is 5.92 Å².